The molecule has 0 bridgehead atoms. The molecule has 3 rings (SSSR count). The number of aliphatic hydroxyl groups is 1. The molecule has 3 N–H and O–H groups in total. The van der Waals surface area contributed by atoms with E-state index in [0.717, 1.165) is 5.56 Å². The number of aromatic nitrogens is 2. The lowest BCUT2D eigenvalue weighted by molar-refractivity contribution is 0.101. The second-order valence-corrected chi connectivity index (χ2v) is 6.27. The van der Waals surface area contributed by atoms with Gasteiger partial charge in [-0.15, -0.1) is 0 Å². The number of carbonyl (C=O) groups is 1. The zero-order valence-electron chi connectivity index (χ0n) is 15.6. The monoisotopic (exact) mass is 379 g/mol. The lowest BCUT2D eigenvalue weighted by Gasteiger charge is -2.16. The summed E-state index contributed by atoms with van der Waals surface area (Å²) in [4.78, 5) is 25.4. The average molecular weight is 379 g/mol. The summed E-state index contributed by atoms with van der Waals surface area (Å²) in [5.41, 5.74) is 1.76. The van der Waals surface area contributed by atoms with E-state index >= 15 is 0 Å². The number of ketones is 1. The van der Waals surface area contributed by atoms with E-state index in [1.54, 1.807) is 19.1 Å². The highest BCUT2D eigenvalue weighted by atomic mass is 16.3. The quantitative estimate of drug-likeness (QED) is 0.569. The van der Waals surface area contributed by atoms with Gasteiger partial charge in [0, 0.05) is 29.4 Å². The van der Waals surface area contributed by atoms with Crippen LogP contribution in [0.25, 0.3) is 11.3 Å². The summed E-state index contributed by atoms with van der Waals surface area (Å²) < 4.78 is 1.29. The molecule has 7 nitrogen and oxygen atoms in total. The molecule has 0 saturated carbocycles. The first kappa shape index (κ1) is 19.3. The van der Waals surface area contributed by atoms with Gasteiger partial charge in [0.1, 0.15) is 17.1 Å². The van der Waals surface area contributed by atoms with Gasteiger partial charge in [-0.3, -0.25) is 9.59 Å². The van der Waals surface area contributed by atoms with Crippen molar-refractivity contribution in [3.63, 3.8) is 0 Å². The van der Waals surface area contributed by atoms with Crippen LogP contribution in [-0.2, 0) is 13.2 Å². The third kappa shape index (κ3) is 3.65. The molecule has 0 amide bonds. The number of carbonyl (C=O) groups excluding carboxylic acids is 1. The van der Waals surface area contributed by atoms with Crippen molar-refractivity contribution in [1.29, 1.82) is 0 Å². The van der Waals surface area contributed by atoms with Crippen LogP contribution in [0.5, 0.6) is 5.75 Å². The van der Waals surface area contributed by atoms with Gasteiger partial charge in [0.25, 0.3) is 5.56 Å². The molecule has 0 unspecified atom stereocenters. The molecule has 0 atom stereocenters. The fourth-order valence-corrected chi connectivity index (χ4v) is 2.96. The van der Waals surface area contributed by atoms with Crippen LogP contribution in [0, 0.1) is 0 Å². The minimum absolute atomic E-state index is 0.0966. The molecule has 7 heteroatoms. The summed E-state index contributed by atoms with van der Waals surface area (Å²) in [6.45, 7) is 3.21. The van der Waals surface area contributed by atoms with Gasteiger partial charge in [-0.1, -0.05) is 36.4 Å². The van der Waals surface area contributed by atoms with Gasteiger partial charge < -0.3 is 15.5 Å². The molecule has 0 aliphatic carbocycles. The van der Waals surface area contributed by atoms with Crippen LogP contribution < -0.4 is 10.9 Å². The number of nitrogens with zero attached hydrogens (tertiary/aromatic N) is 2. The SMILES string of the molecule is CCn1nc(-c2ccccc2)c(C(C)=O)c(Nc2ccc(CO)c(O)c2)c1=O. The number of benzene rings is 2. The molecule has 1 heterocycles. The van der Waals surface area contributed by atoms with Crippen LogP contribution in [0.3, 0.4) is 0 Å². The zero-order chi connectivity index (χ0) is 20.3. The highest BCUT2D eigenvalue weighted by Gasteiger charge is 2.22. The number of aryl methyl sites for hydroxylation is 1. The molecular formula is C21H21N3O4. The van der Waals surface area contributed by atoms with Crippen LogP contribution >= 0.6 is 0 Å². The van der Waals surface area contributed by atoms with E-state index in [4.69, 9.17) is 0 Å². The molecule has 1 aromatic heterocycles. The first-order valence-electron chi connectivity index (χ1n) is 8.87. The number of phenols is 1. The van der Waals surface area contributed by atoms with E-state index in [1.807, 2.05) is 30.3 Å². The number of aromatic hydroxyl groups is 1. The van der Waals surface area contributed by atoms with Crippen molar-refractivity contribution in [3.05, 3.63) is 70.0 Å². The molecule has 0 spiro atoms. The first-order valence-corrected chi connectivity index (χ1v) is 8.87. The number of hydrogen-bond donors (Lipinski definition) is 3. The van der Waals surface area contributed by atoms with Gasteiger partial charge in [0.2, 0.25) is 0 Å². The zero-order valence-corrected chi connectivity index (χ0v) is 15.6. The number of rotatable bonds is 6. The fourth-order valence-electron chi connectivity index (χ4n) is 2.96. The van der Waals surface area contributed by atoms with Gasteiger partial charge in [-0.05, 0) is 19.9 Å². The Hall–Kier alpha value is -3.45. The highest BCUT2D eigenvalue weighted by Crippen LogP contribution is 2.29. The van der Waals surface area contributed by atoms with E-state index < -0.39 is 5.56 Å². The highest BCUT2D eigenvalue weighted by molar-refractivity contribution is 6.05. The van der Waals surface area contributed by atoms with Crippen LogP contribution in [0.4, 0.5) is 11.4 Å². The van der Waals surface area contributed by atoms with Crippen molar-refractivity contribution in [1.82, 2.24) is 9.78 Å². The molecule has 0 aliphatic heterocycles. The van der Waals surface area contributed by atoms with E-state index in [1.165, 1.54) is 17.7 Å². The Morgan fingerprint density at radius 1 is 1.18 bits per heavy atom. The minimum Gasteiger partial charge on any atom is -0.508 e. The van der Waals surface area contributed by atoms with Crippen LogP contribution in [0.15, 0.2) is 53.3 Å². The summed E-state index contributed by atoms with van der Waals surface area (Å²) in [5.74, 6) is -0.407. The van der Waals surface area contributed by atoms with Gasteiger partial charge in [-0.2, -0.15) is 5.10 Å². The van der Waals surface area contributed by atoms with Crippen molar-refractivity contribution in [2.24, 2.45) is 0 Å². The van der Waals surface area contributed by atoms with E-state index in [9.17, 15) is 19.8 Å². The van der Waals surface area contributed by atoms with Crippen molar-refractivity contribution in [2.75, 3.05) is 5.32 Å². The molecule has 144 valence electrons. The number of hydrogen-bond acceptors (Lipinski definition) is 6. The van der Waals surface area contributed by atoms with Crippen LogP contribution in [-0.4, -0.2) is 25.8 Å². The van der Waals surface area contributed by atoms with E-state index in [-0.39, 0.29) is 29.4 Å². The van der Waals surface area contributed by atoms with Crippen LogP contribution in [0.2, 0.25) is 0 Å². The Labute approximate surface area is 161 Å². The summed E-state index contributed by atoms with van der Waals surface area (Å²) >= 11 is 0. The molecule has 3 aromatic rings. The topological polar surface area (TPSA) is 104 Å². The fraction of sp³-hybridized carbons (Fsp3) is 0.190. The summed E-state index contributed by atoms with van der Waals surface area (Å²) in [7, 11) is 0. The first-order chi connectivity index (χ1) is 13.5. The van der Waals surface area contributed by atoms with Crippen LogP contribution in [0.1, 0.15) is 29.8 Å². The predicted molar refractivity (Wildman–Crippen MR) is 107 cm³/mol. The summed E-state index contributed by atoms with van der Waals surface area (Å²) in [5, 5.41) is 26.5. The molecule has 0 aliphatic rings. The third-order valence-electron chi connectivity index (χ3n) is 4.38. The van der Waals surface area contributed by atoms with Crippen molar-refractivity contribution < 1.29 is 15.0 Å². The number of nitrogens with one attached hydrogen (secondary N) is 1. The van der Waals surface area contributed by atoms with Gasteiger partial charge >= 0.3 is 0 Å². The van der Waals surface area contributed by atoms with Crippen molar-refractivity contribution in [3.8, 4) is 17.0 Å². The summed E-state index contributed by atoms with van der Waals surface area (Å²) in [6, 6.07) is 13.7. The number of aliphatic hydroxyl groups excluding tert-OH is 1. The second-order valence-electron chi connectivity index (χ2n) is 6.27. The maximum absolute atomic E-state index is 12.9. The normalized spacial score (nSPS) is 10.7. The smallest absolute Gasteiger partial charge is 0.291 e. The predicted octanol–water partition coefficient (Wildman–Crippen LogP) is 3.07. The Balaban J connectivity index is 2.23. The maximum atomic E-state index is 12.9. The van der Waals surface area contributed by atoms with Gasteiger partial charge in [0.05, 0.1) is 12.2 Å². The molecule has 0 radical (unpaired) electrons. The maximum Gasteiger partial charge on any atom is 0.291 e. The third-order valence-corrected chi connectivity index (χ3v) is 4.38. The van der Waals surface area contributed by atoms with Gasteiger partial charge in [-0.25, -0.2) is 4.68 Å². The standard InChI is InChI=1S/C21H21N3O4/c1-3-24-21(28)20(22-16-10-9-15(12-25)17(27)11-16)18(13(2)26)19(23-24)14-7-5-4-6-8-14/h4-11,22,25,27H,3,12H2,1-2H3. The number of Topliss-reactive ketones (excluding diaryl/α,β-unsaturated/α-hetero) is 1. The molecular weight excluding hydrogens is 358 g/mol. The van der Waals surface area contributed by atoms with E-state index in [2.05, 4.69) is 10.4 Å². The minimum atomic E-state index is -0.432. The lowest BCUT2D eigenvalue weighted by Crippen LogP contribution is -2.28. The van der Waals surface area contributed by atoms with E-state index in [0.29, 0.717) is 23.5 Å². The number of anilines is 2. The molecule has 0 fully saturated rings. The van der Waals surface area contributed by atoms with Crippen molar-refractivity contribution in [2.45, 2.75) is 27.0 Å². The molecule has 0 saturated heterocycles. The summed E-state index contributed by atoms with van der Waals surface area (Å²) in [6.07, 6.45) is 0. The van der Waals surface area contributed by atoms with Crippen molar-refractivity contribution >= 4 is 17.2 Å². The van der Waals surface area contributed by atoms with Gasteiger partial charge in [0.15, 0.2) is 5.78 Å². The molecule has 28 heavy (non-hydrogen) atoms. The largest absolute Gasteiger partial charge is 0.508 e. The Kier molecular flexibility index (Phi) is 5.56. The lowest BCUT2D eigenvalue weighted by atomic mass is 10.0. The second kappa shape index (κ2) is 8.06. The Morgan fingerprint density at radius 2 is 1.89 bits per heavy atom. The molecule has 2 aromatic carbocycles. The Bertz CT molecular complexity index is 1070. The Morgan fingerprint density at radius 3 is 2.46 bits per heavy atom. The average Bonchev–Trinajstić information content (AvgIpc) is 2.69.